The number of rotatable bonds is 2. The monoisotopic (exact) mass is 289 g/mol. The zero-order valence-corrected chi connectivity index (χ0v) is 12.9. The lowest BCUT2D eigenvalue weighted by atomic mass is 10.0. The number of urea groups is 1. The molecule has 0 radical (unpaired) electrons. The van der Waals surface area contributed by atoms with Gasteiger partial charge in [0.15, 0.2) is 0 Å². The van der Waals surface area contributed by atoms with E-state index in [1.165, 1.54) is 4.90 Å². The number of amides is 3. The Morgan fingerprint density at radius 2 is 1.71 bits per heavy atom. The first-order valence-corrected chi connectivity index (χ1v) is 7.31. The van der Waals surface area contributed by atoms with E-state index in [4.69, 9.17) is 0 Å². The maximum absolute atomic E-state index is 12.4. The molecule has 114 valence electrons. The number of hydrogen-bond acceptors (Lipinski definition) is 2. The minimum absolute atomic E-state index is 0.0710. The van der Waals surface area contributed by atoms with Gasteiger partial charge in [-0.05, 0) is 31.9 Å². The summed E-state index contributed by atoms with van der Waals surface area (Å²) in [4.78, 5) is 27.4. The standard InChI is InChI=1S/C16H23N3O2/c1-12-4-6-13(7-5-12)15(20)19-10-8-14(9-11-19)17-16(21)18(2)3/h4-7,14H,8-11H2,1-3H3,(H,17,21). The van der Waals surface area contributed by atoms with Crippen molar-refractivity contribution in [3.8, 4) is 0 Å². The second-order valence-electron chi connectivity index (χ2n) is 5.78. The second-order valence-corrected chi connectivity index (χ2v) is 5.78. The van der Waals surface area contributed by atoms with Crippen LogP contribution in [-0.4, -0.2) is 55.0 Å². The molecule has 5 nitrogen and oxygen atoms in total. The van der Waals surface area contributed by atoms with Crippen molar-refractivity contribution in [1.82, 2.24) is 15.1 Å². The molecule has 1 N–H and O–H groups in total. The Morgan fingerprint density at radius 1 is 1.14 bits per heavy atom. The molecule has 0 unspecified atom stereocenters. The SMILES string of the molecule is Cc1ccc(C(=O)N2CCC(NC(=O)N(C)C)CC2)cc1. The zero-order chi connectivity index (χ0) is 15.4. The molecule has 1 aromatic rings. The fourth-order valence-corrected chi connectivity index (χ4v) is 2.41. The van der Waals surface area contributed by atoms with Crippen LogP contribution in [0.2, 0.25) is 0 Å². The molecular formula is C16H23N3O2. The maximum atomic E-state index is 12.4. The van der Waals surface area contributed by atoms with Gasteiger partial charge in [0.1, 0.15) is 0 Å². The van der Waals surface area contributed by atoms with Crippen molar-refractivity contribution >= 4 is 11.9 Å². The highest BCUT2D eigenvalue weighted by Crippen LogP contribution is 2.14. The lowest BCUT2D eigenvalue weighted by Gasteiger charge is -2.33. The molecule has 1 saturated heterocycles. The smallest absolute Gasteiger partial charge is 0.317 e. The van der Waals surface area contributed by atoms with E-state index in [9.17, 15) is 9.59 Å². The van der Waals surface area contributed by atoms with Gasteiger partial charge in [0, 0.05) is 38.8 Å². The third kappa shape index (κ3) is 3.97. The van der Waals surface area contributed by atoms with Crippen LogP contribution >= 0.6 is 0 Å². The molecule has 1 heterocycles. The van der Waals surface area contributed by atoms with Crippen molar-refractivity contribution in [2.75, 3.05) is 27.2 Å². The predicted molar refractivity (Wildman–Crippen MR) is 82.3 cm³/mol. The van der Waals surface area contributed by atoms with Gasteiger partial charge in [-0.2, -0.15) is 0 Å². The highest BCUT2D eigenvalue weighted by molar-refractivity contribution is 5.94. The van der Waals surface area contributed by atoms with Crippen LogP contribution in [0, 0.1) is 6.92 Å². The first-order chi connectivity index (χ1) is 9.97. The van der Waals surface area contributed by atoms with Crippen LogP contribution in [0.3, 0.4) is 0 Å². The molecule has 0 aliphatic carbocycles. The quantitative estimate of drug-likeness (QED) is 0.903. The highest BCUT2D eigenvalue weighted by atomic mass is 16.2. The average molecular weight is 289 g/mol. The number of nitrogens with one attached hydrogen (secondary N) is 1. The van der Waals surface area contributed by atoms with Crippen LogP contribution in [0.4, 0.5) is 4.79 Å². The normalized spacial score (nSPS) is 15.7. The summed E-state index contributed by atoms with van der Waals surface area (Å²) in [6, 6.07) is 7.74. The summed E-state index contributed by atoms with van der Waals surface area (Å²) in [5.41, 5.74) is 1.88. The van der Waals surface area contributed by atoms with Gasteiger partial charge < -0.3 is 15.1 Å². The first kappa shape index (κ1) is 15.4. The summed E-state index contributed by atoms with van der Waals surface area (Å²) in [7, 11) is 3.46. The van der Waals surface area contributed by atoms with E-state index in [0.29, 0.717) is 13.1 Å². The molecular weight excluding hydrogens is 266 g/mol. The van der Waals surface area contributed by atoms with Crippen LogP contribution in [0.25, 0.3) is 0 Å². The summed E-state index contributed by atoms with van der Waals surface area (Å²) < 4.78 is 0. The molecule has 3 amide bonds. The van der Waals surface area contributed by atoms with Gasteiger partial charge in [0.25, 0.3) is 5.91 Å². The lowest BCUT2D eigenvalue weighted by molar-refractivity contribution is 0.0707. The Morgan fingerprint density at radius 3 is 2.24 bits per heavy atom. The van der Waals surface area contributed by atoms with E-state index in [-0.39, 0.29) is 18.0 Å². The zero-order valence-electron chi connectivity index (χ0n) is 12.9. The Labute approximate surface area is 125 Å². The molecule has 1 aliphatic heterocycles. The molecule has 5 heteroatoms. The molecule has 1 fully saturated rings. The van der Waals surface area contributed by atoms with E-state index < -0.39 is 0 Å². The maximum Gasteiger partial charge on any atom is 0.317 e. The molecule has 2 rings (SSSR count). The third-order valence-corrected chi connectivity index (χ3v) is 3.81. The van der Waals surface area contributed by atoms with Crippen molar-refractivity contribution < 1.29 is 9.59 Å². The van der Waals surface area contributed by atoms with Crippen molar-refractivity contribution in [2.24, 2.45) is 0 Å². The number of nitrogens with zero attached hydrogens (tertiary/aromatic N) is 2. The van der Waals surface area contributed by atoms with Gasteiger partial charge in [-0.3, -0.25) is 4.79 Å². The van der Waals surface area contributed by atoms with Crippen molar-refractivity contribution in [1.29, 1.82) is 0 Å². The fourth-order valence-electron chi connectivity index (χ4n) is 2.41. The fraction of sp³-hybridized carbons (Fsp3) is 0.500. The molecule has 21 heavy (non-hydrogen) atoms. The Balaban J connectivity index is 1.87. The predicted octanol–water partition coefficient (Wildman–Crippen LogP) is 1.87. The van der Waals surface area contributed by atoms with Gasteiger partial charge in [-0.15, -0.1) is 0 Å². The molecule has 0 saturated carbocycles. The van der Waals surface area contributed by atoms with Gasteiger partial charge in [0.05, 0.1) is 0 Å². The van der Waals surface area contributed by atoms with Crippen LogP contribution in [0.5, 0.6) is 0 Å². The minimum atomic E-state index is -0.0710. The molecule has 0 aromatic heterocycles. The van der Waals surface area contributed by atoms with Gasteiger partial charge in [0.2, 0.25) is 0 Å². The van der Waals surface area contributed by atoms with Crippen LogP contribution in [0.15, 0.2) is 24.3 Å². The number of benzene rings is 1. The van der Waals surface area contributed by atoms with Gasteiger partial charge in [-0.1, -0.05) is 17.7 Å². The number of hydrogen-bond donors (Lipinski definition) is 1. The van der Waals surface area contributed by atoms with Crippen LogP contribution in [-0.2, 0) is 0 Å². The second kappa shape index (κ2) is 6.61. The minimum Gasteiger partial charge on any atom is -0.338 e. The summed E-state index contributed by atoms with van der Waals surface area (Å²) in [5.74, 6) is 0.0763. The topological polar surface area (TPSA) is 52.7 Å². The highest BCUT2D eigenvalue weighted by Gasteiger charge is 2.24. The van der Waals surface area contributed by atoms with E-state index in [1.807, 2.05) is 36.1 Å². The molecule has 0 spiro atoms. The molecule has 1 aromatic carbocycles. The van der Waals surface area contributed by atoms with Gasteiger partial charge >= 0.3 is 6.03 Å². The van der Waals surface area contributed by atoms with Crippen LogP contribution < -0.4 is 5.32 Å². The summed E-state index contributed by atoms with van der Waals surface area (Å²) in [6.45, 7) is 3.38. The third-order valence-electron chi connectivity index (χ3n) is 3.81. The number of carbonyl (C=O) groups is 2. The summed E-state index contributed by atoms with van der Waals surface area (Å²) in [5, 5.41) is 2.97. The van der Waals surface area contributed by atoms with E-state index in [1.54, 1.807) is 14.1 Å². The van der Waals surface area contributed by atoms with Crippen LogP contribution in [0.1, 0.15) is 28.8 Å². The number of aryl methyl sites for hydroxylation is 1. The molecule has 1 aliphatic rings. The Kier molecular flexibility index (Phi) is 4.83. The number of carbonyl (C=O) groups excluding carboxylic acids is 2. The first-order valence-electron chi connectivity index (χ1n) is 7.31. The largest absolute Gasteiger partial charge is 0.338 e. The average Bonchev–Trinajstić information content (AvgIpc) is 2.48. The summed E-state index contributed by atoms with van der Waals surface area (Å²) >= 11 is 0. The Hall–Kier alpha value is -2.04. The Bertz CT molecular complexity index is 503. The lowest BCUT2D eigenvalue weighted by Crippen LogP contribution is -2.48. The summed E-state index contributed by atoms with van der Waals surface area (Å²) in [6.07, 6.45) is 1.61. The van der Waals surface area contributed by atoms with E-state index >= 15 is 0 Å². The van der Waals surface area contributed by atoms with Gasteiger partial charge in [-0.25, -0.2) is 4.79 Å². The molecule has 0 bridgehead atoms. The van der Waals surface area contributed by atoms with Crippen molar-refractivity contribution in [3.05, 3.63) is 35.4 Å². The molecule has 0 atom stereocenters. The van der Waals surface area contributed by atoms with E-state index in [2.05, 4.69) is 5.32 Å². The number of piperidine rings is 1. The van der Waals surface area contributed by atoms with Crippen molar-refractivity contribution in [3.63, 3.8) is 0 Å². The number of likely N-dealkylation sites (tertiary alicyclic amines) is 1. The van der Waals surface area contributed by atoms with E-state index in [0.717, 1.165) is 24.0 Å². The van der Waals surface area contributed by atoms with Crippen molar-refractivity contribution in [2.45, 2.75) is 25.8 Å².